The van der Waals surface area contributed by atoms with Crippen LogP contribution < -0.4 is 14.6 Å². The van der Waals surface area contributed by atoms with E-state index in [0.29, 0.717) is 38.5 Å². The number of fused-ring (bicyclic) bond motifs is 1. The third-order valence-electron chi connectivity index (χ3n) is 6.63. The van der Waals surface area contributed by atoms with Gasteiger partial charge in [0.1, 0.15) is 24.2 Å². The Labute approximate surface area is 223 Å². The summed E-state index contributed by atoms with van der Waals surface area (Å²) in [5.41, 5.74) is 1.93. The molecule has 0 aromatic heterocycles. The van der Waals surface area contributed by atoms with Gasteiger partial charge in [-0.15, -0.1) is 0 Å². The Kier molecular flexibility index (Phi) is 9.97. The van der Waals surface area contributed by atoms with Crippen LogP contribution in [0.15, 0.2) is 73.3 Å². The number of carboxylic acid groups (broad SMARTS) is 1. The molecule has 1 aliphatic rings. The van der Waals surface area contributed by atoms with Crippen LogP contribution in [0.5, 0.6) is 11.5 Å². The first-order chi connectivity index (χ1) is 18.6. The van der Waals surface area contributed by atoms with Crippen LogP contribution in [-0.4, -0.2) is 63.9 Å². The van der Waals surface area contributed by atoms with Crippen molar-refractivity contribution in [3.8, 4) is 11.5 Å². The molecule has 1 amide bonds. The van der Waals surface area contributed by atoms with Crippen LogP contribution >= 0.6 is 0 Å². The second kappa shape index (κ2) is 13.8. The molecule has 2 unspecified atom stereocenters. The number of nitrogens with zero attached hydrogens (tertiary/aromatic N) is 1. The van der Waals surface area contributed by atoms with Crippen LogP contribution in [0.4, 0.5) is 4.79 Å². The predicted molar refractivity (Wildman–Crippen MR) is 142 cm³/mol. The Balaban J connectivity index is 1.53. The first kappa shape index (κ1) is 27.4. The lowest BCUT2D eigenvalue weighted by Gasteiger charge is -2.40. The van der Waals surface area contributed by atoms with Gasteiger partial charge in [-0.1, -0.05) is 61.2 Å². The molecule has 3 aromatic carbocycles. The Hall–Kier alpha value is -3.59. The van der Waals surface area contributed by atoms with Crippen LogP contribution in [0.1, 0.15) is 23.5 Å². The SMILES string of the molecule is C=CCOc1ccc(C2CCN(C(=O)[O-])CC2OCc2ccc3ccccc3c2OCOCCOC)cc1. The molecule has 202 valence electrons. The summed E-state index contributed by atoms with van der Waals surface area (Å²) in [6.45, 7) is 5.96. The van der Waals surface area contributed by atoms with E-state index < -0.39 is 6.09 Å². The number of ether oxygens (including phenoxy) is 5. The van der Waals surface area contributed by atoms with Gasteiger partial charge in [0.15, 0.2) is 6.79 Å². The quantitative estimate of drug-likeness (QED) is 0.190. The van der Waals surface area contributed by atoms with E-state index in [-0.39, 0.29) is 32.0 Å². The Morgan fingerprint density at radius 2 is 1.89 bits per heavy atom. The molecule has 1 saturated heterocycles. The largest absolute Gasteiger partial charge is 0.530 e. The van der Waals surface area contributed by atoms with Crippen molar-refractivity contribution in [2.24, 2.45) is 0 Å². The van der Waals surface area contributed by atoms with E-state index in [9.17, 15) is 9.90 Å². The van der Waals surface area contributed by atoms with Crippen molar-refractivity contribution in [2.75, 3.05) is 46.8 Å². The van der Waals surface area contributed by atoms with Crippen LogP contribution in [0.25, 0.3) is 10.8 Å². The van der Waals surface area contributed by atoms with Crippen molar-refractivity contribution in [1.82, 2.24) is 4.90 Å². The summed E-state index contributed by atoms with van der Waals surface area (Å²) in [6, 6.07) is 19.8. The fourth-order valence-corrected chi connectivity index (χ4v) is 4.67. The molecule has 0 spiro atoms. The van der Waals surface area contributed by atoms with E-state index in [1.165, 1.54) is 4.90 Å². The van der Waals surface area contributed by atoms with Gasteiger partial charge in [0.2, 0.25) is 0 Å². The third-order valence-corrected chi connectivity index (χ3v) is 6.63. The Bertz CT molecular complexity index is 1200. The van der Waals surface area contributed by atoms with E-state index >= 15 is 0 Å². The highest BCUT2D eigenvalue weighted by Gasteiger charge is 2.31. The maximum Gasteiger partial charge on any atom is 0.189 e. The van der Waals surface area contributed by atoms with E-state index in [0.717, 1.165) is 27.6 Å². The van der Waals surface area contributed by atoms with Crippen molar-refractivity contribution >= 4 is 16.9 Å². The van der Waals surface area contributed by atoms with Crippen molar-refractivity contribution in [3.63, 3.8) is 0 Å². The lowest BCUT2D eigenvalue weighted by Crippen LogP contribution is -2.51. The predicted octanol–water partition coefficient (Wildman–Crippen LogP) is 4.12. The first-order valence-electron chi connectivity index (χ1n) is 12.7. The number of rotatable bonds is 13. The van der Waals surface area contributed by atoms with E-state index in [1.54, 1.807) is 13.2 Å². The van der Waals surface area contributed by atoms with Gasteiger partial charge in [0.25, 0.3) is 0 Å². The zero-order valence-electron chi connectivity index (χ0n) is 21.7. The van der Waals surface area contributed by atoms with Crippen LogP contribution in [0.3, 0.4) is 0 Å². The van der Waals surface area contributed by atoms with Crippen molar-refractivity contribution in [3.05, 3.63) is 84.4 Å². The summed E-state index contributed by atoms with van der Waals surface area (Å²) < 4.78 is 28.7. The number of amides is 1. The molecule has 0 N–H and O–H groups in total. The molecule has 38 heavy (non-hydrogen) atoms. The van der Waals surface area contributed by atoms with Crippen molar-refractivity contribution in [2.45, 2.75) is 25.0 Å². The number of likely N-dealkylation sites (tertiary alicyclic amines) is 1. The molecule has 0 saturated carbocycles. The first-order valence-corrected chi connectivity index (χ1v) is 12.7. The van der Waals surface area contributed by atoms with Crippen LogP contribution in [-0.2, 0) is 20.8 Å². The molecular formula is C30H34NO7-. The highest BCUT2D eigenvalue weighted by atomic mass is 16.7. The monoisotopic (exact) mass is 520 g/mol. The molecule has 1 fully saturated rings. The lowest BCUT2D eigenvalue weighted by atomic mass is 9.87. The van der Waals surface area contributed by atoms with Gasteiger partial charge >= 0.3 is 0 Å². The minimum Gasteiger partial charge on any atom is -0.530 e. The summed E-state index contributed by atoms with van der Waals surface area (Å²) in [7, 11) is 1.62. The van der Waals surface area contributed by atoms with Gasteiger partial charge in [-0.3, -0.25) is 0 Å². The molecule has 1 heterocycles. The number of benzene rings is 3. The van der Waals surface area contributed by atoms with Gasteiger partial charge in [-0.05, 0) is 29.5 Å². The number of piperidine rings is 1. The Morgan fingerprint density at radius 1 is 1.08 bits per heavy atom. The topological polar surface area (TPSA) is 89.5 Å². The number of hydrogen-bond donors (Lipinski definition) is 0. The fraction of sp³-hybridized carbons (Fsp3) is 0.367. The average molecular weight is 521 g/mol. The molecule has 2 atom stereocenters. The summed E-state index contributed by atoms with van der Waals surface area (Å²) in [5, 5.41) is 13.6. The van der Waals surface area contributed by atoms with E-state index in [2.05, 4.69) is 6.58 Å². The second-order valence-corrected chi connectivity index (χ2v) is 9.06. The van der Waals surface area contributed by atoms with Gasteiger partial charge in [0.05, 0.1) is 25.9 Å². The molecular weight excluding hydrogens is 486 g/mol. The maximum absolute atomic E-state index is 11.6. The standard InChI is InChI=1S/C30H35NO7/c1-3-16-36-25-12-10-23(11-13-25)26-14-15-31(30(32)33)19-28(26)37-20-24-9-8-22-6-4-5-7-27(22)29(24)38-21-35-18-17-34-2/h3-13,26,28H,1,14-21H2,2H3,(H,32,33)/p-1. The molecule has 1 aliphatic heterocycles. The summed E-state index contributed by atoms with van der Waals surface area (Å²) in [5.74, 6) is 1.46. The molecule has 8 nitrogen and oxygen atoms in total. The van der Waals surface area contributed by atoms with Crippen molar-refractivity contribution in [1.29, 1.82) is 0 Å². The van der Waals surface area contributed by atoms with Gasteiger partial charge < -0.3 is 38.5 Å². The average Bonchev–Trinajstić information content (AvgIpc) is 2.95. The molecule has 3 aromatic rings. The number of carbonyl (C=O) groups is 1. The van der Waals surface area contributed by atoms with Crippen molar-refractivity contribution < 1.29 is 33.6 Å². The zero-order valence-corrected chi connectivity index (χ0v) is 21.7. The maximum atomic E-state index is 11.6. The molecule has 0 bridgehead atoms. The minimum atomic E-state index is -1.19. The highest BCUT2D eigenvalue weighted by Crippen LogP contribution is 2.35. The molecule has 4 rings (SSSR count). The van der Waals surface area contributed by atoms with Gasteiger partial charge in [-0.2, -0.15) is 0 Å². The number of methoxy groups -OCH3 is 1. The van der Waals surface area contributed by atoms with E-state index in [4.69, 9.17) is 23.7 Å². The number of hydrogen-bond acceptors (Lipinski definition) is 7. The van der Waals surface area contributed by atoms with Gasteiger partial charge in [0, 0.05) is 37.1 Å². The second-order valence-electron chi connectivity index (χ2n) is 9.06. The van der Waals surface area contributed by atoms with Gasteiger partial charge in [-0.25, -0.2) is 0 Å². The lowest BCUT2D eigenvalue weighted by molar-refractivity contribution is -0.268. The molecule has 0 aliphatic carbocycles. The Morgan fingerprint density at radius 3 is 2.66 bits per heavy atom. The highest BCUT2D eigenvalue weighted by molar-refractivity contribution is 5.89. The summed E-state index contributed by atoms with van der Waals surface area (Å²) in [6.07, 6.45) is 0.774. The normalized spacial score (nSPS) is 17.3. The number of carbonyl (C=O) groups excluding carboxylic acids is 1. The fourth-order valence-electron chi connectivity index (χ4n) is 4.67. The minimum absolute atomic E-state index is 0.0151. The molecule has 8 heteroatoms. The van der Waals surface area contributed by atoms with Crippen LogP contribution in [0, 0.1) is 0 Å². The molecule has 0 radical (unpaired) electrons. The third kappa shape index (κ3) is 7.04. The van der Waals surface area contributed by atoms with Crippen LogP contribution in [0.2, 0.25) is 0 Å². The van der Waals surface area contributed by atoms with E-state index in [1.807, 2.05) is 60.7 Å². The summed E-state index contributed by atoms with van der Waals surface area (Å²) >= 11 is 0. The zero-order chi connectivity index (χ0) is 26.7. The smallest absolute Gasteiger partial charge is 0.189 e. The summed E-state index contributed by atoms with van der Waals surface area (Å²) in [4.78, 5) is 13.0.